The standard InChI is InChI=1S/C21H28N2O3/c1-25-18-6-8-19(9-7-18)26-14-13-23(17-4-5-17)21(24)20-10-12-22-11-2-3-16(20)15-22/h6-10,16-17H,2-5,11-15H2,1H3. The highest BCUT2D eigenvalue weighted by molar-refractivity contribution is 5.94. The van der Waals surface area contributed by atoms with Crippen LogP contribution in [0.4, 0.5) is 0 Å². The predicted octanol–water partition coefficient (Wildman–Crippen LogP) is 2.72. The van der Waals surface area contributed by atoms with Crippen LogP contribution in [0.25, 0.3) is 0 Å². The molecule has 0 N–H and O–H groups in total. The topological polar surface area (TPSA) is 42.0 Å². The van der Waals surface area contributed by atoms with Gasteiger partial charge in [-0.15, -0.1) is 0 Å². The van der Waals surface area contributed by atoms with Gasteiger partial charge in [0.05, 0.1) is 13.7 Å². The van der Waals surface area contributed by atoms with E-state index < -0.39 is 0 Å². The summed E-state index contributed by atoms with van der Waals surface area (Å²) in [5, 5.41) is 0. The van der Waals surface area contributed by atoms with Crippen molar-refractivity contribution in [1.29, 1.82) is 0 Å². The molecule has 26 heavy (non-hydrogen) atoms. The molecule has 2 fully saturated rings. The van der Waals surface area contributed by atoms with Crippen LogP contribution >= 0.6 is 0 Å². The van der Waals surface area contributed by atoms with Gasteiger partial charge in [-0.25, -0.2) is 0 Å². The van der Waals surface area contributed by atoms with E-state index in [1.54, 1.807) is 7.11 Å². The molecule has 140 valence electrons. The average molecular weight is 356 g/mol. The monoisotopic (exact) mass is 356 g/mol. The van der Waals surface area contributed by atoms with Crippen molar-refractivity contribution >= 4 is 5.91 Å². The van der Waals surface area contributed by atoms with E-state index in [1.807, 2.05) is 24.3 Å². The van der Waals surface area contributed by atoms with Gasteiger partial charge in [-0.1, -0.05) is 6.08 Å². The summed E-state index contributed by atoms with van der Waals surface area (Å²) in [6.45, 7) is 4.34. The highest BCUT2D eigenvalue weighted by Gasteiger charge is 2.37. The minimum Gasteiger partial charge on any atom is -0.497 e. The fourth-order valence-electron chi connectivity index (χ4n) is 4.07. The number of fused-ring (bicyclic) bond motifs is 2. The predicted molar refractivity (Wildman–Crippen MR) is 100 cm³/mol. The van der Waals surface area contributed by atoms with Gasteiger partial charge in [0.1, 0.15) is 18.1 Å². The summed E-state index contributed by atoms with van der Waals surface area (Å²) in [5.41, 5.74) is 1.05. The second kappa shape index (κ2) is 7.70. The Morgan fingerprint density at radius 1 is 1.19 bits per heavy atom. The molecule has 1 saturated carbocycles. The number of ether oxygens (including phenoxy) is 2. The first-order valence-corrected chi connectivity index (χ1v) is 9.75. The van der Waals surface area contributed by atoms with Crippen molar-refractivity contribution in [3.63, 3.8) is 0 Å². The molecule has 2 unspecified atom stereocenters. The van der Waals surface area contributed by atoms with E-state index >= 15 is 0 Å². The Hall–Kier alpha value is -2.01. The van der Waals surface area contributed by atoms with Gasteiger partial charge in [-0.2, -0.15) is 0 Å². The molecule has 1 saturated heterocycles. The zero-order valence-corrected chi connectivity index (χ0v) is 15.5. The molecule has 4 rings (SSSR count). The Bertz CT molecular complexity index is 666. The molecule has 2 heterocycles. The third-order valence-electron chi connectivity index (χ3n) is 5.67. The van der Waals surface area contributed by atoms with Gasteiger partial charge >= 0.3 is 0 Å². The fourth-order valence-corrected chi connectivity index (χ4v) is 4.07. The Morgan fingerprint density at radius 2 is 1.96 bits per heavy atom. The van der Waals surface area contributed by atoms with Crippen LogP contribution in [0.2, 0.25) is 0 Å². The molecule has 1 aliphatic carbocycles. The van der Waals surface area contributed by atoms with E-state index in [2.05, 4.69) is 15.9 Å². The maximum atomic E-state index is 13.2. The highest BCUT2D eigenvalue weighted by atomic mass is 16.5. The van der Waals surface area contributed by atoms with E-state index in [9.17, 15) is 4.79 Å². The van der Waals surface area contributed by atoms with Crippen molar-refractivity contribution in [2.75, 3.05) is 39.9 Å². The Balaban J connectivity index is 1.36. The Labute approximate surface area is 155 Å². The summed E-state index contributed by atoms with van der Waals surface area (Å²) >= 11 is 0. The van der Waals surface area contributed by atoms with Gasteiger partial charge in [0.15, 0.2) is 0 Å². The van der Waals surface area contributed by atoms with Gasteiger partial charge in [0.2, 0.25) is 5.91 Å². The second-order valence-electron chi connectivity index (χ2n) is 7.51. The lowest BCUT2D eigenvalue weighted by atomic mass is 9.86. The largest absolute Gasteiger partial charge is 0.497 e. The first-order chi connectivity index (χ1) is 12.7. The lowest BCUT2D eigenvalue weighted by Gasteiger charge is -2.38. The summed E-state index contributed by atoms with van der Waals surface area (Å²) < 4.78 is 11.0. The van der Waals surface area contributed by atoms with E-state index in [0.717, 1.165) is 49.4 Å². The number of amides is 1. The van der Waals surface area contributed by atoms with Crippen LogP contribution in [0.3, 0.4) is 0 Å². The number of carbonyl (C=O) groups is 1. The number of carbonyl (C=O) groups excluding carboxylic acids is 1. The smallest absolute Gasteiger partial charge is 0.250 e. The fraction of sp³-hybridized carbons (Fsp3) is 0.571. The minimum atomic E-state index is 0.248. The van der Waals surface area contributed by atoms with Crippen molar-refractivity contribution in [3.05, 3.63) is 35.9 Å². The number of hydrogen-bond donors (Lipinski definition) is 0. The number of methoxy groups -OCH3 is 1. The molecular formula is C21H28N2O3. The number of piperidine rings is 1. The molecule has 3 aliphatic rings. The van der Waals surface area contributed by atoms with Crippen LogP contribution in [0.5, 0.6) is 11.5 Å². The highest BCUT2D eigenvalue weighted by Crippen LogP contribution is 2.33. The van der Waals surface area contributed by atoms with Crippen LogP contribution in [-0.2, 0) is 4.79 Å². The van der Waals surface area contributed by atoms with Crippen molar-refractivity contribution in [2.24, 2.45) is 5.92 Å². The zero-order valence-electron chi connectivity index (χ0n) is 15.5. The minimum absolute atomic E-state index is 0.248. The molecule has 0 radical (unpaired) electrons. The molecule has 2 atom stereocenters. The number of nitrogens with zero attached hydrogens (tertiary/aromatic N) is 2. The molecule has 0 spiro atoms. The summed E-state index contributed by atoms with van der Waals surface area (Å²) in [4.78, 5) is 17.7. The SMILES string of the molecule is COc1ccc(OCCN(C(=O)C2=CCN3CCCC2C3)C2CC2)cc1. The van der Waals surface area contributed by atoms with Crippen molar-refractivity contribution in [2.45, 2.75) is 31.7 Å². The van der Waals surface area contributed by atoms with Crippen molar-refractivity contribution in [3.8, 4) is 11.5 Å². The maximum absolute atomic E-state index is 13.2. The van der Waals surface area contributed by atoms with Gasteiger partial charge in [0.25, 0.3) is 0 Å². The maximum Gasteiger partial charge on any atom is 0.250 e. The molecule has 2 bridgehead atoms. The summed E-state index contributed by atoms with van der Waals surface area (Å²) in [6, 6.07) is 8.00. The van der Waals surface area contributed by atoms with Gasteiger partial charge in [-0.05, 0) is 56.5 Å². The van der Waals surface area contributed by atoms with E-state index in [-0.39, 0.29) is 5.91 Å². The average Bonchev–Trinajstić information content (AvgIpc) is 3.51. The summed E-state index contributed by atoms with van der Waals surface area (Å²) in [7, 11) is 1.65. The molecule has 0 aromatic heterocycles. The molecule has 5 nitrogen and oxygen atoms in total. The quantitative estimate of drug-likeness (QED) is 0.753. The molecule has 2 aliphatic heterocycles. The van der Waals surface area contributed by atoms with Crippen LogP contribution < -0.4 is 9.47 Å². The number of benzene rings is 1. The first kappa shape index (κ1) is 17.4. The normalized spacial score (nSPS) is 24.6. The number of hydrogen-bond acceptors (Lipinski definition) is 4. The molecule has 1 aromatic carbocycles. The van der Waals surface area contributed by atoms with Crippen LogP contribution in [0.1, 0.15) is 25.7 Å². The van der Waals surface area contributed by atoms with Gasteiger partial charge < -0.3 is 14.4 Å². The van der Waals surface area contributed by atoms with E-state index in [4.69, 9.17) is 9.47 Å². The molecule has 5 heteroatoms. The first-order valence-electron chi connectivity index (χ1n) is 9.75. The van der Waals surface area contributed by atoms with E-state index in [0.29, 0.717) is 25.1 Å². The molecule has 1 amide bonds. The third-order valence-corrected chi connectivity index (χ3v) is 5.67. The zero-order chi connectivity index (χ0) is 17.9. The Kier molecular flexibility index (Phi) is 5.16. The second-order valence-corrected chi connectivity index (χ2v) is 7.51. The molecular weight excluding hydrogens is 328 g/mol. The Morgan fingerprint density at radius 3 is 2.69 bits per heavy atom. The van der Waals surface area contributed by atoms with Gasteiger partial charge in [-0.3, -0.25) is 9.69 Å². The van der Waals surface area contributed by atoms with Crippen molar-refractivity contribution < 1.29 is 14.3 Å². The van der Waals surface area contributed by atoms with Gasteiger partial charge in [0, 0.05) is 30.6 Å². The third kappa shape index (κ3) is 3.88. The number of rotatable bonds is 7. The van der Waals surface area contributed by atoms with Crippen LogP contribution in [-0.4, -0.2) is 61.6 Å². The lowest BCUT2D eigenvalue weighted by molar-refractivity contribution is -0.129. The van der Waals surface area contributed by atoms with Crippen LogP contribution in [0, 0.1) is 5.92 Å². The van der Waals surface area contributed by atoms with E-state index in [1.165, 1.54) is 13.0 Å². The lowest BCUT2D eigenvalue weighted by Crippen LogP contribution is -2.45. The van der Waals surface area contributed by atoms with Crippen molar-refractivity contribution in [1.82, 2.24) is 9.80 Å². The summed E-state index contributed by atoms with van der Waals surface area (Å²) in [6.07, 6.45) is 6.78. The summed E-state index contributed by atoms with van der Waals surface area (Å²) in [5.74, 6) is 2.30. The van der Waals surface area contributed by atoms with Crippen LogP contribution in [0.15, 0.2) is 35.9 Å². The molecule has 1 aromatic rings.